The highest BCUT2D eigenvalue weighted by atomic mass is 79.9. The van der Waals surface area contributed by atoms with Gasteiger partial charge >= 0.3 is 0 Å². The lowest BCUT2D eigenvalue weighted by Gasteiger charge is -2.16. The van der Waals surface area contributed by atoms with E-state index < -0.39 is 0 Å². The Bertz CT molecular complexity index is 624. The number of hydrogen-bond acceptors (Lipinski definition) is 0. The van der Waals surface area contributed by atoms with Crippen molar-refractivity contribution < 1.29 is 0 Å². The molecule has 1 unspecified atom stereocenters. The molecule has 4 heteroatoms. The Morgan fingerprint density at radius 2 is 1.63 bits per heavy atom. The Balaban J connectivity index is 2.49. The average molecular weight is 423 g/mol. The monoisotopic (exact) mass is 420 g/mol. The van der Waals surface area contributed by atoms with Crippen molar-refractivity contribution >= 4 is 55.1 Å². The highest BCUT2D eigenvalue weighted by Gasteiger charge is 2.18. The molecule has 0 aliphatic heterocycles. The number of hydrogen-bond donors (Lipinski definition) is 0. The molecule has 0 fully saturated rings. The van der Waals surface area contributed by atoms with E-state index >= 15 is 0 Å². The minimum absolute atomic E-state index is 0.278. The van der Waals surface area contributed by atoms with Gasteiger partial charge in [-0.25, -0.2) is 0 Å². The SMILES string of the molecule is Cc1ccc(C(Cl)c2cc(Br)c(C)cc2Br)c(Cl)c1. The van der Waals surface area contributed by atoms with Gasteiger partial charge in [0.1, 0.15) is 0 Å². The lowest BCUT2D eigenvalue weighted by atomic mass is 10.0. The molecule has 2 aromatic rings. The van der Waals surface area contributed by atoms with Gasteiger partial charge in [-0.2, -0.15) is 0 Å². The maximum Gasteiger partial charge on any atom is 0.0861 e. The number of aryl methyl sites for hydroxylation is 2. The highest BCUT2D eigenvalue weighted by Crippen LogP contribution is 2.39. The highest BCUT2D eigenvalue weighted by molar-refractivity contribution is 9.11. The van der Waals surface area contributed by atoms with Crippen molar-refractivity contribution in [1.82, 2.24) is 0 Å². The quantitative estimate of drug-likeness (QED) is 0.466. The van der Waals surface area contributed by atoms with E-state index in [4.69, 9.17) is 23.2 Å². The minimum Gasteiger partial charge on any atom is -0.112 e. The van der Waals surface area contributed by atoms with E-state index in [-0.39, 0.29) is 5.38 Å². The van der Waals surface area contributed by atoms with Crippen molar-refractivity contribution in [3.05, 3.63) is 66.6 Å². The van der Waals surface area contributed by atoms with Crippen molar-refractivity contribution in [2.24, 2.45) is 0 Å². The van der Waals surface area contributed by atoms with Crippen LogP contribution in [0.3, 0.4) is 0 Å². The summed E-state index contributed by atoms with van der Waals surface area (Å²) < 4.78 is 2.03. The molecule has 0 saturated heterocycles. The number of rotatable bonds is 2. The van der Waals surface area contributed by atoms with Crippen LogP contribution in [-0.4, -0.2) is 0 Å². The molecule has 19 heavy (non-hydrogen) atoms. The van der Waals surface area contributed by atoms with E-state index in [1.54, 1.807) is 0 Å². The van der Waals surface area contributed by atoms with Gasteiger partial charge in [0.15, 0.2) is 0 Å². The van der Waals surface area contributed by atoms with Crippen molar-refractivity contribution in [1.29, 1.82) is 0 Å². The van der Waals surface area contributed by atoms with Gasteiger partial charge in [0.05, 0.1) is 5.38 Å². The molecule has 0 heterocycles. The molecule has 1 atom stereocenters. The number of halogens is 4. The lowest BCUT2D eigenvalue weighted by Crippen LogP contribution is -1.97. The molecule has 0 aliphatic carbocycles. The van der Waals surface area contributed by atoms with Crippen molar-refractivity contribution in [3.63, 3.8) is 0 Å². The standard InChI is InChI=1S/C15H12Br2Cl2/c1-8-3-4-10(14(18)5-8)15(19)11-7-12(16)9(2)6-13(11)17/h3-7,15H,1-2H3. The summed E-state index contributed by atoms with van der Waals surface area (Å²) >= 11 is 20.0. The van der Waals surface area contributed by atoms with E-state index in [0.29, 0.717) is 5.02 Å². The average Bonchev–Trinajstić information content (AvgIpc) is 2.33. The Morgan fingerprint density at radius 3 is 2.26 bits per heavy atom. The van der Waals surface area contributed by atoms with Crippen LogP contribution in [0, 0.1) is 13.8 Å². The summed E-state index contributed by atoms with van der Waals surface area (Å²) in [5.74, 6) is 0. The Kier molecular flexibility index (Phi) is 4.99. The third kappa shape index (κ3) is 3.36. The van der Waals surface area contributed by atoms with Crippen LogP contribution in [0.25, 0.3) is 0 Å². The molecule has 0 N–H and O–H groups in total. The molecule has 0 spiro atoms. The van der Waals surface area contributed by atoms with E-state index in [1.807, 2.05) is 38.1 Å². The maximum atomic E-state index is 6.58. The van der Waals surface area contributed by atoms with Gasteiger partial charge in [-0.15, -0.1) is 11.6 Å². The topological polar surface area (TPSA) is 0 Å². The summed E-state index contributed by atoms with van der Waals surface area (Å²) in [6.07, 6.45) is 0. The molecule has 100 valence electrons. The molecule has 0 aliphatic rings. The van der Waals surface area contributed by atoms with Gasteiger partial charge in [-0.05, 0) is 54.3 Å². The predicted octanol–water partition coefficient (Wildman–Crippen LogP) is 6.81. The maximum absolute atomic E-state index is 6.58. The second kappa shape index (κ2) is 6.17. The molecule has 2 aromatic carbocycles. The zero-order valence-corrected chi connectivity index (χ0v) is 15.2. The van der Waals surface area contributed by atoms with E-state index in [1.165, 1.54) is 0 Å². The summed E-state index contributed by atoms with van der Waals surface area (Å²) in [6.45, 7) is 4.05. The van der Waals surface area contributed by atoms with Crippen LogP contribution >= 0.6 is 55.1 Å². The molecular weight excluding hydrogens is 411 g/mol. The minimum atomic E-state index is -0.278. The smallest absolute Gasteiger partial charge is 0.0861 e. The number of benzene rings is 2. The van der Waals surface area contributed by atoms with Gasteiger partial charge in [0.2, 0.25) is 0 Å². The van der Waals surface area contributed by atoms with Crippen LogP contribution in [0.4, 0.5) is 0 Å². The molecule has 0 nitrogen and oxygen atoms in total. The first-order valence-electron chi connectivity index (χ1n) is 5.76. The second-order valence-corrected chi connectivity index (χ2v) is 7.06. The molecule has 0 radical (unpaired) electrons. The van der Waals surface area contributed by atoms with Crippen LogP contribution in [0.1, 0.15) is 27.6 Å². The largest absolute Gasteiger partial charge is 0.112 e. The van der Waals surface area contributed by atoms with Crippen LogP contribution in [0.15, 0.2) is 39.3 Å². The fourth-order valence-electron chi connectivity index (χ4n) is 1.86. The van der Waals surface area contributed by atoms with Gasteiger partial charge in [-0.3, -0.25) is 0 Å². The first kappa shape index (κ1) is 15.4. The van der Waals surface area contributed by atoms with Crippen molar-refractivity contribution in [2.45, 2.75) is 19.2 Å². The summed E-state index contributed by atoms with van der Waals surface area (Å²) in [6, 6.07) is 10.0. The van der Waals surface area contributed by atoms with Gasteiger partial charge < -0.3 is 0 Å². The molecule has 0 aromatic heterocycles. The molecule has 0 bridgehead atoms. The van der Waals surface area contributed by atoms with Crippen LogP contribution in [-0.2, 0) is 0 Å². The van der Waals surface area contributed by atoms with E-state index in [0.717, 1.165) is 31.2 Å². The van der Waals surface area contributed by atoms with Crippen molar-refractivity contribution in [3.8, 4) is 0 Å². The fraction of sp³-hybridized carbons (Fsp3) is 0.200. The summed E-state index contributed by atoms with van der Waals surface area (Å²) in [5.41, 5.74) is 4.21. The van der Waals surface area contributed by atoms with Gasteiger partial charge in [0.25, 0.3) is 0 Å². The first-order chi connectivity index (χ1) is 8.90. The Hall–Kier alpha value is -0.0200. The Labute approximate surface area is 140 Å². The second-order valence-electron chi connectivity index (χ2n) is 4.51. The molecule has 2 rings (SSSR count). The normalized spacial score (nSPS) is 12.5. The lowest BCUT2D eigenvalue weighted by molar-refractivity contribution is 1.11. The van der Waals surface area contributed by atoms with Crippen LogP contribution in [0.5, 0.6) is 0 Å². The zero-order valence-electron chi connectivity index (χ0n) is 10.5. The molecule has 0 amide bonds. The van der Waals surface area contributed by atoms with Crippen LogP contribution in [0.2, 0.25) is 5.02 Å². The first-order valence-corrected chi connectivity index (χ1v) is 8.16. The molecule has 0 saturated carbocycles. The van der Waals surface area contributed by atoms with Crippen molar-refractivity contribution in [2.75, 3.05) is 0 Å². The van der Waals surface area contributed by atoms with E-state index in [9.17, 15) is 0 Å². The fourth-order valence-corrected chi connectivity index (χ4v) is 3.81. The third-order valence-electron chi connectivity index (χ3n) is 2.98. The zero-order chi connectivity index (χ0) is 14.2. The molecular formula is C15H12Br2Cl2. The summed E-state index contributed by atoms with van der Waals surface area (Å²) in [4.78, 5) is 0. The third-order valence-corrected chi connectivity index (χ3v) is 5.32. The van der Waals surface area contributed by atoms with Gasteiger partial charge in [-0.1, -0.05) is 55.6 Å². The Morgan fingerprint density at radius 1 is 0.947 bits per heavy atom. The summed E-state index contributed by atoms with van der Waals surface area (Å²) in [5, 5.41) is 0.419. The van der Waals surface area contributed by atoms with Crippen LogP contribution < -0.4 is 0 Å². The van der Waals surface area contributed by atoms with E-state index in [2.05, 4.69) is 37.9 Å². The van der Waals surface area contributed by atoms with Gasteiger partial charge in [0, 0.05) is 14.0 Å². The summed E-state index contributed by atoms with van der Waals surface area (Å²) in [7, 11) is 0. The predicted molar refractivity (Wildman–Crippen MR) is 90.5 cm³/mol. The number of alkyl halides is 1.